The monoisotopic (exact) mass is 409 g/mol. The van der Waals surface area contributed by atoms with Crippen LogP contribution in [-0.4, -0.2) is 7.05 Å². The summed E-state index contributed by atoms with van der Waals surface area (Å²) < 4.78 is 2.39. The maximum Gasteiger partial charge on any atom is 0.213 e. The van der Waals surface area contributed by atoms with Crippen LogP contribution in [0.1, 0.15) is 17.5 Å². The van der Waals surface area contributed by atoms with E-state index in [-0.39, 0.29) is 0 Å². The quantitative estimate of drug-likeness (QED) is 0.357. The molecule has 1 aromatic heterocycles. The molecule has 0 bridgehead atoms. The Labute approximate surface area is 182 Å². The van der Waals surface area contributed by atoms with Crippen molar-refractivity contribution in [2.24, 2.45) is 0 Å². The number of nitrogens with zero attached hydrogens (tertiary/aromatic N) is 2. The fourth-order valence-corrected chi connectivity index (χ4v) is 5.21. The molecule has 3 heteroatoms. The first kappa shape index (κ1) is 19.0. The molecule has 30 heavy (non-hydrogen) atoms. The minimum absolute atomic E-state index is 1.02. The van der Waals surface area contributed by atoms with Gasteiger partial charge in [-0.1, -0.05) is 66.4 Å². The van der Waals surface area contributed by atoms with E-state index in [0.717, 1.165) is 19.4 Å². The van der Waals surface area contributed by atoms with Crippen molar-refractivity contribution in [1.29, 1.82) is 0 Å². The van der Waals surface area contributed by atoms with Gasteiger partial charge in [-0.25, -0.2) is 0 Å². The topological polar surface area (TPSA) is 7.12 Å². The molecule has 0 N–H and O–H groups in total. The van der Waals surface area contributed by atoms with Gasteiger partial charge in [0.05, 0.1) is 16.1 Å². The van der Waals surface area contributed by atoms with Crippen molar-refractivity contribution < 1.29 is 4.57 Å². The molecule has 0 unspecified atom stereocenters. The molecule has 0 aliphatic carbocycles. The van der Waals surface area contributed by atoms with Crippen molar-refractivity contribution in [3.8, 4) is 0 Å². The van der Waals surface area contributed by atoms with E-state index in [4.69, 9.17) is 0 Å². The van der Waals surface area contributed by atoms with E-state index < -0.39 is 0 Å². The van der Waals surface area contributed by atoms with Gasteiger partial charge in [-0.15, -0.1) is 0 Å². The normalized spacial score (nSPS) is 14.4. The third-order valence-electron chi connectivity index (χ3n) is 5.72. The summed E-state index contributed by atoms with van der Waals surface area (Å²) in [6.45, 7) is 1.02. The van der Waals surface area contributed by atoms with Crippen molar-refractivity contribution in [3.05, 3.63) is 107 Å². The molecule has 4 aromatic rings. The molecule has 1 aliphatic heterocycles. The molecule has 1 aliphatic rings. The number of anilines is 1. The molecule has 0 amide bonds. The van der Waals surface area contributed by atoms with Crippen molar-refractivity contribution in [2.75, 3.05) is 11.9 Å². The van der Waals surface area contributed by atoms with Crippen molar-refractivity contribution in [3.63, 3.8) is 0 Å². The van der Waals surface area contributed by atoms with Crippen LogP contribution >= 0.6 is 11.8 Å². The molecule has 2 heterocycles. The zero-order valence-electron chi connectivity index (χ0n) is 17.2. The predicted octanol–water partition coefficient (Wildman–Crippen LogP) is 6.30. The highest BCUT2D eigenvalue weighted by atomic mass is 32.2. The van der Waals surface area contributed by atoms with Gasteiger partial charge in [-0.3, -0.25) is 0 Å². The van der Waals surface area contributed by atoms with Gasteiger partial charge in [0.25, 0.3) is 0 Å². The lowest BCUT2D eigenvalue weighted by atomic mass is 10.1. The number of fused-ring (bicyclic) bond motifs is 2. The zero-order valence-corrected chi connectivity index (χ0v) is 18.0. The summed E-state index contributed by atoms with van der Waals surface area (Å²) in [6, 6.07) is 30.4. The molecular formula is C27H25N2S+. The number of thioether (sulfide) groups is 1. The van der Waals surface area contributed by atoms with Crippen LogP contribution in [0.5, 0.6) is 0 Å². The molecule has 0 saturated carbocycles. The highest BCUT2D eigenvalue weighted by molar-refractivity contribution is 8.03. The first-order valence-corrected chi connectivity index (χ1v) is 11.3. The van der Waals surface area contributed by atoms with Crippen molar-refractivity contribution >= 4 is 34.4 Å². The van der Waals surface area contributed by atoms with Crippen LogP contribution in [0.3, 0.4) is 0 Å². The second kappa shape index (κ2) is 8.37. The largest absolute Gasteiger partial charge is 0.338 e. The highest BCUT2D eigenvalue weighted by Gasteiger charge is 2.22. The van der Waals surface area contributed by atoms with Crippen LogP contribution < -0.4 is 9.47 Å². The van der Waals surface area contributed by atoms with E-state index in [1.54, 1.807) is 0 Å². The Bertz CT molecular complexity index is 1210. The number of aryl methyl sites for hydroxylation is 2. The molecule has 0 fully saturated rings. The van der Waals surface area contributed by atoms with Crippen molar-refractivity contribution in [1.82, 2.24) is 0 Å². The number of benzene rings is 3. The molecule has 3 aromatic carbocycles. The van der Waals surface area contributed by atoms with Crippen LogP contribution in [0.25, 0.3) is 17.0 Å². The van der Waals surface area contributed by atoms with Gasteiger partial charge in [-0.2, -0.15) is 4.57 Å². The van der Waals surface area contributed by atoms with E-state index in [1.807, 2.05) is 11.8 Å². The van der Waals surface area contributed by atoms with E-state index >= 15 is 0 Å². The number of hydrogen-bond donors (Lipinski definition) is 0. The molecule has 148 valence electrons. The van der Waals surface area contributed by atoms with Gasteiger partial charge < -0.3 is 4.90 Å². The lowest BCUT2D eigenvalue weighted by Gasteiger charge is -2.13. The van der Waals surface area contributed by atoms with Gasteiger partial charge in [0.1, 0.15) is 6.54 Å². The lowest BCUT2D eigenvalue weighted by Crippen LogP contribution is -2.34. The van der Waals surface area contributed by atoms with Crippen LogP contribution in [0.4, 0.5) is 5.69 Å². The van der Waals surface area contributed by atoms with E-state index in [2.05, 4.69) is 114 Å². The number of hydrogen-bond acceptors (Lipinski definition) is 2. The highest BCUT2D eigenvalue weighted by Crippen LogP contribution is 2.45. The minimum Gasteiger partial charge on any atom is -0.338 e. The fourth-order valence-electron chi connectivity index (χ4n) is 4.11. The summed E-state index contributed by atoms with van der Waals surface area (Å²) in [6.07, 6.45) is 6.80. The summed E-state index contributed by atoms with van der Waals surface area (Å²) in [5.41, 5.74) is 5.25. The van der Waals surface area contributed by atoms with Gasteiger partial charge in [-0.05, 0) is 41.8 Å². The van der Waals surface area contributed by atoms with Gasteiger partial charge >= 0.3 is 0 Å². The minimum atomic E-state index is 1.02. The summed E-state index contributed by atoms with van der Waals surface area (Å²) in [7, 11) is 2.15. The molecule has 5 rings (SSSR count). The van der Waals surface area contributed by atoms with E-state index in [9.17, 15) is 0 Å². The Morgan fingerprint density at radius 1 is 0.867 bits per heavy atom. The molecule has 0 radical (unpaired) electrons. The average molecular weight is 410 g/mol. The first-order chi connectivity index (χ1) is 14.8. The van der Waals surface area contributed by atoms with Crippen LogP contribution in [0.2, 0.25) is 0 Å². The Balaban J connectivity index is 1.42. The third kappa shape index (κ3) is 3.73. The van der Waals surface area contributed by atoms with Gasteiger partial charge in [0.2, 0.25) is 5.52 Å². The number of pyridine rings is 1. The van der Waals surface area contributed by atoms with Crippen LogP contribution in [0, 0.1) is 0 Å². The third-order valence-corrected chi connectivity index (χ3v) is 6.88. The Morgan fingerprint density at radius 3 is 2.50 bits per heavy atom. The van der Waals surface area contributed by atoms with Crippen LogP contribution in [-0.2, 0) is 13.0 Å². The summed E-state index contributed by atoms with van der Waals surface area (Å²) >= 11 is 1.84. The summed E-state index contributed by atoms with van der Waals surface area (Å²) in [5, 5.41) is 2.57. The molecule has 0 saturated heterocycles. The Hall–Kier alpha value is -3.04. The molecular weight excluding hydrogens is 384 g/mol. The van der Waals surface area contributed by atoms with E-state index in [0.29, 0.717) is 0 Å². The number of aromatic nitrogens is 1. The lowest BCUT2D eigenvalue weighted by molar-refractivity contribution is -0.671. The van der Waals surface area contributed by atoms with Gasteiger partial charge in [0.15, 0.2) is 6.20 Å². The summed E-state index contributed by atoms with van der Waals surface area (Å²) in [4.78, 5) is 3.61. The number of para-hydroxylation sites is 2. The Morgan fingerprint density at radius 2 is 1.63 bits per heavy atom. The fraction of sp³-hybridized carbons (Fsp3) is 0.148. The van der Waals surface area contributed by atoms with Crippen molar-refractivity contribution in [2.45, 2.75) is 24.3 Å². The summed E-state index contributed by atoms with van der Waals surface area (Å²) in [5.74, 6) is 0. The maximum atomic E-state index is 2.39. The first-order valence-electron chi connectivity index (χ1n) is 10.5. The smallest absolute Gasteiger partial charge is 0.213 e. The molecule has 2 nitrogen and oxygen atoms in total. The van der Waals surface area contributed by atoms with Crippen LogP contribution in [0.15, 0.2) is 101 Å². The Kier molecular flexibility index (Phi) is 5.29. The molecule has 0 atom stereocenters. The zero-order chi connectivity index (χ0) is 20.3. The second-order valence-corrected chi connectivity index (χ2v) is 8.74. The maximum absolute atomic E-state index is 2.39. The van der Waals surface area contributed by atoms with Gasteiger partial charge in [0, 0.05) is 30.5 Å². The SMILES string of the molecule is CN1/C(=C\c2cc[n+](CCCc3ccccc3)c3ccccc23)Sc2ccccc21. The predicted molar refractivity (Wildman–Crippen MR) is 128 cm³/mol. The van der Waals surface area contributed by atoms with E-state index in [1.165, 1.54) is 37.6 Å². The average Bonchev–Trinajstić information content (AvgIpc) is 3.11. The number of rotatable bonds is 5. The second-order valence-electron chi connectivity index (χ2n) is 7.68. The molecule has 0 spiro atoms. The standard InChI is InChI=1S/C27H25N2S/c1-28-25-15-7-8-16-26(25)30-27(28)20-22-17-19-29(24-14-6-5-13-23(22)24)18-9-12-21-10-3-2-4-11-21/h2-8,10-11,13-17,19-20H,9,12,18H2,1H3/q+1.